The first-order valence-electron chi connectivity index (χ1n) is 9.88. The van der Waals surface area contributed by atoms with Crippen LogP contribution in [0.3, 0.4) is 0 Å². The molecule has 2 aromatic carbocycles. The zero-order valence-electron chi connectivity index (χ0n) is 16.4. The van der Waals surface area contributed by atoms with Crippen molar-refractivity contribution in [3.63, 3.8) is 0 Å². The number of nitrogens with zero attached hydrogens (tertiary/aromatic N) is 4. The van der Waals surface area contributed by atoms with E-state index < -0.39 is 18.6 Å². The molecule has 0 bridgehead atoms. The summed E-state index contributed by atoms with van der Waals surface area (Å²) in [5.41, 5.74) is 2.49. The highest BCUT2D eigenvalue weighted by Crippen LogP contribution is 2.16. The van der Waals surface area contributed by atoms with E-state index in [1.807, 2.05) is 42.5 Å². The van der Waals surface area contributed by atoms with Crippen molar-refractivity contribution in [1.29, 1.82) is 0 Å². The summed E-state index contributed by atoms with van der Waals surface area (Å²) in [6.07, 6.45) is 1.37. The van der Waals surface area contributed by atoms with Crippen LogP contribution >= 0.6 is 0 Å². The van der Waals surface area contributed by atoms with Crippen LogP contribution in [-0.2, 0) is 4.79 Å². The van der Waals surface area contributed by atoms with E-state index in [1.165, 1.54) is 6.20 Å². The number of amides is 2. The third-order valence-corrected chi connectivity index (χ3v) is 5.18. The van der Waals surface area contributed by atoms with Crippen LogP contribution in [-0.4, -0.2) is 70.6 Å². The Morgan fingerprint density at radius 3 is 2.33 bits per heavy atom. The van der Waals surface area contributed by atoms with Crippen LogP contribution in [0.25, 0.3) is 11.0 Å². The standard InChI is InChI=1S/C22H23N5O3/c28-15-20(25-21(29)19-14-23-17-8-4-5-9-18(17)24-19)22(30)27-12-10-26(11-13-27)16-6-2-1-3-7-16/h1-9,14,20,28H,10-13,15H2,(H,25,29). The minimum atomic E-state index is -1.02. The van der Waals surface area contributed by atoms with Crippen LogP contribution < -0.4 is 10.2 Å². The first kappa shape index (κ1) is 19.8. The molecule has 8 nitrogen and oxygen atoms in total. The van der Waals surface area contributed by atoms with Gasteiger partial charge in [-0.3, -0.25) is 14.6 Å². The highest BCUT2D eigenvalue weighted by Gasteiger charge is 2.29. The van der Waals surface area contributed by atoms with Gasteiger partial charge in [-0.15, -0.1) is 0 Å². The van der Waals surface area contributed by atoms with E-state index in [0.717, 1.165) is 5.69 Å². The van der Waals surface area contributed by atoms with Crippen molar-refractivity contribution in [2.75, 3.05) is 37.7 Å². The minimum absolute atomic E-state index is 0.105. The molecule has 8 heteroatoms. The Kier molecular flexibility index (Phi) is 5.85. The van der Waals surface area contributed by atoms with Crippen LogP contribution in [0.5, 0.6) is 0 Å². The molecular formula is C22H23N5O3. The van der Waals surface area contributed by atoms with Gasteiger partial charge >= 0.3 is 0 Å². The molecule has 30 heavy (non-hydrogen) atoms. The van der Waals surface area contributed by atoms with E-state index in [9.17, 15) is 14.7 Å². The molecule has 2 N–H and O–H groups in total. The average Bonchev–Trinajstić information content (AvgIpc) is 2.82. The molecule has 2 amide bonds. The molecule has 1 aliphatic heterocycles. The number of aliphatic hydroxyl groups is 1. The summed E-state index contributed by atoms with van der Waals surface area (Å²) >= 11 is 0. The van der Waals surface area contributed by atoms with Gasteiger partial charge in [0.2, 0.25) is 5.91 Å². The Morgan fingerprint density at radius 1 is 0.967 bits per heavy atom. The van der Waals surface area contributed by atoms with Gasteiger partial charge in [-0.2, -0.15) is 0 Å². The number of para-hydroxylation sites is 3. The summed E-state index contributed by atoms with van der Waals surface area (Å²) in [4.78, 5) is 37.8. The number of hydrogen-bond donors (Lipinski definition) is 2. The molecule has 3 aromatic rings. The van der Waals surface area contributed by atoms with Crippen molar-refractivity contribution >= 4 is 28.5 Å². The summed E-state index contributed by atoms with van der Waals surface area (Å²) in [5.74, 6) is -0.837. The Labute approximate surface area is 174 Å². The lowest BCUT2D eigenvalue weighted by molar-refractivity contribution is -0.134. The van der Waals surface area contributed by atoms with E-state index >= 15 is 0 Å². The highest BCUT2D eigenvalue weighted by molar-refractivity contribution is 5.97. The fourth-order valence-electron chi connectivity index (χ4n) is 3.53. The number of anilines is 1. The van der Waals surface area contributed by atoms with Gasteiger partial charge in [-0.05, 0) is 24.3 Å². The Morgan fingerprint density at radius 2 is 1.63 bits per heavy atom. The molecular weight excluding hydrogens is 382 g/mol. The lowest BCUT2D eigenvalue weighted by Crippen LogP contribution is -2.56. The number of carbonyl (C=O) groups excluding carboxylic acids is 2. The fourth-order valence-corrected chi connectivity index (χ4v) is 3.53. The maximum absolute atomic E-state index is 12.8. The third kappa shape index (κ3) is 4.23. The summed E-state index contributed by atoms with van der Waals surface area (Å²) in [5, 5.41) is 12.3. The summed E-state index contributed by atoms with van der Waals surface area (Å²) in [7, 11) is 0. The maximum atomic E-state index is 12.8. The molecule has 1 unspecified atom stereocenters. The van der Waals surface area contributed by atoms with Crippen LogP contribution in [0.4, 0.5) is 5.69 Å². The molecule has 4 rings (SSSR count). The SMILES string of the molecule is O=C(NC(CO)C(=O)N1CCN(c2ccccc2)CC1)c1cnc2ccccc2n1. The molecule has 0 radical (unpaired) electrons. The monoisotopic (exact) mass is 405 g/mol. The molecule has 1 aliphatic rings. The molecule has 1 fully saturated rings. The van der Waals surface area contributed by atoms with Crippen molar-refractivity contribution in [3.8, 4) is 0 Å². The second-order valence-corrected chi connectivity index (χ2v) is 7.10. The van der Waals surface area contributed by atoms with Gasteiger partial charge in [-0.1, -0.05) is 30.3 Å². The van der Waals surface area contributed by atoms with Gasteiger partial charge < -0.3 is 20.2 Å². The first-order valence-corrected chi connectivity index (χ1v) is 9.88. The van der Waals surface area contributed by atoms with E-state index in [1.54, 1.807) is 17.0 Å². The number of fused-ring (bicyclic) bond motifs is 1. The Balaban J connectivity index is 1.38. The van der Waals surface area contributed by atoms with Gasteiger partial charge in [0.1, 0.15) is 11.7 Å². The van der Waals surface area contributed by atoms with Crippen molar-refractivity contribution < 1.29 is 14.7 Å². The van der Waals surface area contributed by atoms with Gasteiger partial charge in [0.15, 0.2) is 0 Å². The summed E-state index contributed by atoms with van der Waals surface area (Å²) in [6, 6.07) is 16.2. The normalized spacial score (nSPS) is 15.1. The van der Waals surface area contributed by atoms with Crippen LogP contribution in [0.1, 0.15) is 10.5 Å². The molecule has 0 saturated carbocycles. The number of rotatable bonds is 5. The molecule has 1 aromatic heterocycles. The quantitative estimate of drug-likeness (QED) is 0.659. The third-order valence-electron chi connectivity index (χ3n) is 5.18. The van der Waals surface area contributed by atoms with E-state index in [0.29, 0.717) is 37.2 Å². The largest absolute Gasteiger partial charge is 0.394 e. The van der Waals surface area contributed by atoms with E-state index in [4.69, 9.17) is 0 Å². The first-order chi connectivity index (χ1) is 14.7. The average molecular weight is 405 g/mol. The molecule has 0 spiro atoms. The predicted molar refractivity (Wildman–Crippen MR) is 113 cm³/mol. The number of aromatic nitrogens is 2. The molecule has 1 atom stereocenters. The molecule has 2 heterocycles. The number of hydrogen-bond acceptors (Lipinski definition) is 6. The molecule has 0 aliphatic carbocycles. The zero-order chi connectivity index (χ0) is 20.9. The second kappa shape index (κ2) is 8.87. The van der Waals surface area contributed by atoms with Gasteiger partial charge in [0.25, 0.3) is 5.91 Å². The minimum Gasteiger partial charge on any atom is -0.394 e. The number of nitrogens with one attached hydrogen (secondary N) is 1. The van der Waals surface area contributed by atoms with Crippen LogP contribution in [0.2, 0.25) is 0 Å². The van der Waals surface area contributed by atoms with Crippen molar-refractivity contribution in [1.82, 2.24) is 20.2 Å². The van der Waals surface area contributed by atoms with E-state index in [2.05, 4.69) is 20.2 Å². The molecule has 154 valence electrons. The lowest BCUT2D eigenvalue weighted by atomic mass is 10.2. The summed E-state index contributed by atoms with van der Waals surface area (Å²) < 4.78 is 0. The number of piperazine rings is 1. The van der Waals surface area contributed by atoms with Gasteiger partial charge in [0, 0.05) is 31.9 Å². The van der Waals surface area contributed by atoms with Gasteiger partial charge in [-0.25, -0.2) is 4.98 Å². The Bertz CT molecular complexity index is 1040. The highest BCUT2D eigenvalue weighted by atomic mass is 16.3. The fraction of sp³-hybridized carbons (Fsp3) is 0.273. The van der Waals surface area contributed by atoms with Crippen molar-refractivity contribution in [3.05, 3.63) is 66.5 Å². The Hall–Kier alpha value is -3.52. The number of aliphatic hydroxyl groups excluding tert-OH is 1. The number of benzene rings is 2. The van der Waals surface area contributed by atoms with Crippen molar-refractivity contribution in [2.24, 2.45) is 0 Å². The van der Waals surface area contributed by atoms with Gasteiger partial charge in [0.05, 0.1) is 23.8 Å². The van der Waals surface area contributed by atoms with Crippen LogP contribution in [0.15, 0.2) is 60.8 Å². The lowest BCUT2D eigenvalue weighted by Gasteiger charge is -2.37. The van der Waals surface area contributed by atoms with Crippen LogP contribution in [0, 0.1) is 0 Å². The maximum Gasteiger partial charge on any atom is 0.272 e. The number of carbonyl (C=O) groups is 2. The predicted octanol–water partition coefficient (Wildman–Crippen LogP) is 1.07. The second-order valence-electron chi connectivity index (χ2n) is 7.10. The smallest absolute Gasteiger partial charge is 0.272 e. The van der Waals surface area contributed by atoms with Crippen molar-refractivity contribution in [2.45, 2.75) is 6.04 Å². The molecule has 1 saturated heterocycles. The van der Waals surface area contributed by atoms with E-state index in [-0.39, 0.29) is 11.6 Å². The topological polar surface area (TPSA) is 98.7 Å². The summed E-state index contributed by atoms with van der Waals surface area (Å²) in [6.45, 7) is 1.95. The zero-order valence-corrected chi connectivity index (χ0v) is 16.4.